The first-order valence-corrected chi connectivity index (χ1v) is 6.10. The molecule has 1 aliphatic heterocycles. The molecule has 2 N–H and O–H groups in total. The number of nitrogens with two attached hydrogens (primary N) is 1. The van der Waals surface area contributed by atoms with Crippen molar-refractivity contribution in [3.8, 4) is 0 Å². The molecule has 5 heteroatoms. The van der Waals surface area contributed by atoms with E-state index < -0.39 is 0 Å². The molecule has 2 atom stereocenters. The number of ether oxygens (including phenoxy) is 1. The first-order chi connectivity index (χ1) is 8.84. The first-order valence-electron chi connectivity index (χ1n) is 6.10. The van der Waals surface area contributed by atoms with Gasteiger partial charge in [0.05, 0.1) is 0 Å². The maximum Gasteiger partial charge on any atom is 0.248 e. The van der Waals surface area contributed by atoms with Crippen LogP contribution in [0.4, 0.5) is 0 Å². The van der Waals surface area contributed by atoms with Gasteiger partial charge >= 0.3 is 0 Å². The van der Waals surface area contributed by atoms with Crippen molar-refractivity contribution in [2.24, 2.45) is 5.73 Å². The molecule has 2 heterocycles. The number of rotatable bonds is 3. The Hall–Kier alpha value is -1.72. The van der Waals surface area contributed by atoms with Gasteiger partial charge in [-0.3, -0.25) is 0 Å². The lowest BCUT2D eigenvalue weighted by Crippen LogP contribution is -2.12. The maximum absolute atomic E-state index is 6.09. The van der Waals surface area contributed by atoms with E-state index in [0.29, 0.717) is 11.7 Å². The second-order valence-corrected chi connectivity index (χ2v) is 4.38. The number of aromatic nitrogens is 2. The van der Waals surface area contributed by atoms with E-state index in [9.17, 15) is 0 Å². The van der Waals surface area contributed by atoms with Crippen molar-refractivity contribution in [2.45, 2.75) is 25.0 Å². The van der Waals surface area contributed by atoms with Crippen LogP contribution in [0, 0.1) is 0 Å². The molecule has 0 saturated carbocycles. The third kappa shape index (κ3) is 2.14. The van der Waals surface area contributed by atoms with E-state index in [2.05, 4.69) is 10.1 Å². The summed E-state index contributed by atoms with van der Waals surface area (Å²) in [5.74, 6) is 1.04. The van der Waals surface area contributed by atoms with E-state index in [-0.39, 0.29) is 12.1 Å². The molecule has 1 saturated heterocycles. The molecule has 1 fully saturated rings. The van der Waals surface area contributed by atoms with Gasteiger partial charge in [-0.05, 0) is 18.4 Å². The van der Waals surface area contributed by atoms with Gasteiger partial charge in [0.2, 0.25) is 11.7 Å². The highest BCUT2D eigenvalue weighted by Gasteiger charge is 2.25. The smallest absolute Gasteiger partial charge is 0.248 e. The van der Waals surface area contributed by atoms with E-state index in [1.807, 2.05) is 30.3 Å². The summed E-state index contributed by atoms with van der Waals surface area (Å²) in [6, 6.07) is 9.33. The van der Waals surface area contributed by atoms with Crippen LogP contribution in [0.25, 0.3) is 0 Å². The molecule has 1 aliphatic rings. The molecule has 18 heavy (non-hydrogen) atoms. The van der Waals surface area contributed by atoms with Crippen molar-refractivity contribution in [2.75, 3.05) is 6.61 Å². The lowest BCUT2D eigenvalue weighted by atomic mass is 10.1. The quantitative estimate of drug-likeness (QED) is 0.894. The summed E-state index contributed by atoms with van der Waals surface area (Å²) in [7, 11) is 0. The average molecular weight is 245 g/mol. The van der Waals surface area contributed by atoms with E-state index >= 15 is 0 Å². The zero-order valence-electron chi connectivity index (χ0n) is 9.95. The molecule has 3 rings (SSSR count). The fourth-order valence-corrected chi connectivity index (χ4v) is 2.09. The highest BCUT2D eigenvalue weighted by atomic mass is 16.5. The molecule has 2 aromatic rings. The summed E-state index contributed by atoms with van der Waals surface area (Å²) in [5, 5.41) is 3.95. The Labute approximate surface area is 105 Å². The van der Waals surface area contributed by atoms with Crippen molar-refractivity contribution >= 4 is 0 Å². The van der Waals surface area contributed by atoms with Crippen LogP contribution in [-0.4, -0.2) is 16.7 Å². The van der Waals surface area contributed by atoms with Gasteiger partial charge in [-0.15, -0.1) is 0 Å². The third-order valence-electron chi connectivity index (χ3n) is 3.10. The number of hydrogen-bond donors (Lipinski definition) is 1. The summed E-state index contributed by atoms with van der Waals surface area (Å²) < 4.78 is 10.7. The predicted molar refractivity (Wildman–Crippen MR) is 64.7 cm³/mol. The van der Waals surface area contributed by atoms with Crippen LogP contribution in [0.15, 0.2) is 34.9 Å². The van der Waals surface area contributed by atoms with Gasteiger partial charge in [-0.2, -0.15) is 4.98 Å². The summed E-state index contributed by atoms with van der Waals surface area (Å²) in [6.45, 7) is 0.763. The van der Waals surface area contributed by atoms with Crippen molar-refractivity contribution in [1.29, 1.82) is 0 Å². The van der Waals surface area contributed by atoms with Crippen molar-refractivity contribution in [3.63, 3.8) is 0 Å². The maximum atomic E-state index is 6.09. The second-order valence-electron chi connectivity index (χ2n) is 4.38. The monoisotopic (exact) mass is 245 g/mol. The highest BCUT2D eigenvalue weighted by molar-refractivity contribution is 5.23. The summed E-state index contributed by atoms with van der Waals surface area (Å²) >= 11 is 0. The fourth-order valence-electron chi connectivity index (χ4n) is 2.09. The molecule has 1 aromatic heterocycles. The Kier molecular flexibility index (Phi) is 3.08. The summed E-state index contributed by atoms with van der Waals surface area (Å²) in [4.78, 5) is 4.34. The summed E-state index contributed by atoms with van der Waals surface area (Å²) in [6.07, 6.45) is 1.95. The fraction of sp³-hybridized carbons (Fsp3) is 0.385. The first kappa shape index (κ1) is 11.4. The molecule has 5 nitrogen and oxygen atoms in total. The van der Waals surface area contributed by atoms with Gasteiger partial charge in [0.15, 0.2) is 0 Å². The van der Waals surface area contributed by atoms with Crippen molar-refractivity contribution in [1.82, 2.24) is 10.1 Å². The highest BCUT2D eigenvalue weighted by Crippen LogP contribution is 2.27. The largest absolute Gasteiger partial charge is 0.370 e. The molecular weight excluding hydrogens is 230 g/mol. The minimum absolute atomic E-state index is 0.0366. The van der Waals surface area contributed by atoms with Crippen LogP contribution in [0.1, 0.15) is 42.3 Å². The van der Waals surface area contributed by atoms with E-state index in [4.69, 9.17) is 15.0 Å². The topological polar surface area (TPSA) is 74.2 Å². The molecule has 0 aliphatic carbocycles. The Morgan fingerprint density at radius 3 is 2.83 bits per heavy atom. The molecule has 0 radical (unpaired) electrons. The molecule has 94 valence electrons. The van der Waals surface area contributed by atoms with Gasteiger partial charge in [0.25, 0.3) is 0 Å². The molecule has 0 bridgehead atoms. The second kappa shape index (κ2) is 4.88. The van der Waals surface area contributed by atoms with Gasteiger partial charge in [0.1, 0.15) is 12.1 Å². The van der Waals surface area contributed by atoms with Crippen LogP contribution in [0.3, 0.4) is 0 Å². The van der Waals surface area contributed by atoms with Crippen LogP contribution >= 0.6 is 0 Å². The third-order valence-corrected chi connectivity index (χ3v) is 3.10. The Morgan fingerprint density at radius 2 is 2.11 bits per heavy atom. The van der Waals surface area contributed by atoms with Crippen LogP contribution in [0.2, 0.25) is 0 Å². The molecule has 1 unspecified atom stereocenters. The lowest BCUT2D eigenvalue weighted by molar-refractivity contribution is 0.103. The average Bonchev–Trinajstić information content (AvgIpc) is 3.09. The predicted octanol–water partition coefficient (Wildman–Crippen LogP) is 1.97. The Balaban J connectivity index is 1.80. The molecule has 1 aromatic carbocycles. The van der Waals surface area contributed by atoms with Crippen molar-refractivity contribution < 1.29 is 9.26 Å². The van der Waals surface area contributed by atoms with Gasteiger partial charge in [-0.25, -0.2) is 0 Å². The minimum atomic E-state index is -0.381. The van der Waals surface area contributed by atoms with Gasteiger partial charge in [0, 0.05) is 6.61 Å². The SMILES string of the molecule is N[C@H](c1ccccc1)c1nc(C2CCCO2)no1. The Morgan fingerprint density at radius 1 is 1.28 bits per heavy atom. The number of hydrogen-bond acceptors (Lipinski definition) is 5. The summed E-state index contributed by atoms with van der Waals surface area (Å²) in [5.41, 5.74) is 7.05. The van der Waals surface area contributed by atoms with Crippen LogP contribution < -0.4 is 5.73 Å². The number of nitrogens with zero attached hydrogens (tertiary/aromatic N) is 2. The van der Waals surface area contributed by atoms with Gasteiger partial charge < -0.3 is 15.0 Å². The lowest BCUT2D eigenvalue weighted by Gasteiger charge is -2.06. The zero-order chi connectivity index (χ0) is 12.4. The van der Waals surface area contributed by atoms with Crippen LogP contribution in [-0.2, 0) is 4.74 Å². The zero-order valence-corrected chi connectivity index (χ0v) is 9.95. The van der Waals surface area contributed by atoms with Crippen LogP contribution in [0.5, 0.6) is 0 Å². The number of benzene rings is 1. The van der Waals surface area contributed by atoms with E-state index in [0.717, 1.165) is 25.0 Å². The standard InChI is InChI=1S/C13H15N3O2/c14-11(9-5-2-1-3-6-9)13-15-12(16-18-13)10-7-4-8-17-10/h1-3,5-6,10-11H,4,7-8,14H2/t10?,11-/m1/s1. The Bertz CT molecular complexity index is 506. The molecular formula is C13H15N3O2. The minimum Gasteiger partial charge on any atom is -0.370 e. The van der Waals surface area contributed by atoms with E-state index in [1.54, 1.807) is 0 Å². The van der Waals surface area contributed by atoms with E-state index in [1.165, 1.54) is 0 Å². The van der Waals surface area contributed by atoms with Crippen molar-refractivity contribution in [3.05, 3.63) is 47.6 Å². The molecule has 0 amide bonds. The normalized spacial score (nSPS) is 21.1. The molecule has 0 spiro atoms. The van der Waals surface area contributed by atoms with Gasteiger partial charge in [-0.1, -0.05) is 35.5 Å².